The van der Waals surface area contributed by atoms with Crippen molar-refractivity contribution in [2.45, 2.75) is 0 Å². The third-order valence-corrected chi connectivity index (χ3v) is 3.25. The summed E-state index contributed by atoms with van der Waals surface area (Å²) in [5, 5.41) is 8.62. The number of nitrogens with one attached hydrogen (secondary N) is 3. The van der Waals surface area contributed by atoms with Gasteiger partial charge in [0.2, 0.25) is 5.91 Å². The molecule has 2 rings (SSSR count). The van der Waals surface area contributed by atoms with Crippen LogP contribution in [-0.2, 0) is 4.79 Å². The number of benzene rings is 1. The van der Waals surface area contributed by atoms with Gasteiger partial charge in [-0.25, -0.2) is 0 Å². The van der Waals surface area contributed by atoms with Gasteiger partial charge in [-0.15, -0.1) is 0 Å². The highest BCUT2D eigenvalue weighted by Gasteiger charge is 2.15. The second-order valence-corrected chi connectivity index (χ2v) is 4.70. The third-order valence-electron chi connectivity index (χ3n) is 3.25. The molecule has 6 nitrogen and oxygen atoms in total. The summed E-state index contributed by atoms with van der Waals surface area (Å²) in [5.74, 6) is -0.300. The first-order valence-electron chi connectivity index (χ1n) is 6.74. The monoisotopic (exact) mass is 276 g/mol. The number of piperazine rings is 1. The maximum absolute atomic E-state index is 12.0. The number of para-hydroxylation sites is 1. The van der Waals surface area contributed by atoms with E-state index in [1.807, 2.05) is 0 Å². The molecular weight excluding hydrogens is 256 g/mol. The van der Waals surface area contributed by atoms with Gasteiger partial charge in [-0.2, -0.15) is 0 Å². The molecule has 20 heavy (non-hydrogen) atoms. The van der Waals surface area contributed by atoms with Crippen molar-refractivity contribution in [2.24, 2.45) is 0 Å². The van der Waals surface area contributed by atoms with Crippen LogP contribution in [0, 0.1) is 0 Å². The van der Waals surface area contributed by atoms with Crippen LogP contribution in [0.25, 0.3) is 0 Å². The number of amides is 2. The van der Waals surface area contributed by atoms with Crippen molar-refractivity contribution in [3.05, 3.63) is 29.8 Å². The van der Waals surface area contributed by atoms with E-state index in [1.54, 1.807) is 31.3 Å². The van der Waals surface area contributed by atoms with E-state index < -0.39 is 0 Å². The predicted molar refractivity (Wildman–Crippen MR) is 77.8 cm³/mol. The summed E-state index contributed by atoms with van der Waals surface area (Å²) < 4.78 is 0. The summed E-state index contributed by atoms with van der Waals surface area (Å²) in [5.41, 5.74) is 1.02. The molecule has 0 atom stereocenters. The van der Waals surface area contributed by atoms with Crippen LogP contribution in [0.3, 0.4) is 0 Å². The summed E-state index contributed by atoms with van der Waals surface area (Å²) in [4.78, 5) is 25.9. The largest absolute Gasteiger partial charge is 0.355 e. The maximum Gasteiger partial charge on any atom is 0.253 e. The van der Waals surface area contributed by atoms with Crippen molar-refractivity contribution in [2.75, 3.05) is 45.1 Å². The van der Waals surface area contributed by atoms with Crippen molar-refractivity contribution in [3.63, 3.8) is 0 Å². The number of carbonyl (C=O) groups excluding carboxylic acids is 2. The number of hydrogen-bond acceptors (Lipinski definition) is 4. The Morgan fingerprint density at radius 1 is 1.25 bits per heavy atom. The lowest BCUT2D eigenvalue weighted by molar-refractivity contribution is -0.117. The standard InChI is InChI=1S/C14H20N4O2/c1-15-14(20)11-4-2-3-5-12(11)17-13(19)10-18-8-6-16-7-9-18/h2-5,16H,6-10H2,1H3,(H,15,20)(H,17,19). The third kappa shape index (κ3) is 3.79. The average Bonchev–Trinajstić information content (AvgIpc) is 2.48. The molecule has 0 radical (unpaired) electrons. The molecule has 2 amide bonds. The van der Waals surface area contributed by atoms with Crippen LogP contribution in [0.5, 0.6) is 0 Å². The summed E-state index contributed by atoms with van der Waals surface area (Å²) in [6, 6.07) is 7.00. The van der Waals surface area contributed by atoms with E-state index in [0.29, 0.717) is 17.8 Å². The average molecular weight is 276 g/mol. The fraction of sp³-hybridized carbons (Fsp3) is 0.429. The Bertz CT molecular complexity index is 484. The van der Waals surface area contributed by atoms with Gasteiger partial charge in [0.1, 0.15) is 0 Å². The van der Waals surface area contributed by atoms with Crippen LogP contribution in [0.15, 0.2) is 24.3 Å². The van der Waals surface area contributed by atoms with Crippen molar-refractivity contribution in [3.8, 4) is 0 Å². The van der Waals surface area contributed by atoms with Crippen molar-refractivity contribution in [1.82, 2.24) is 15.5 Å². The number of carbonyl (C=O) groups is 2. The molecule has 0 bridgehead atoms. The van der Waals surface area contributed by atoms with E-state index in [-0.39, 0.29) is 11.8 Å². The lowest BCUT2D eigenvalue weighted by Crippen LogP contribution is -2.46. The SMILES string of the molecule is CNC(=O)c1ccccc1NC(=O)CN1CCNCC1. The van der Waals surface area contributed by atoms with Gasteiger partial charge in [0.15, 0.2) is 0 Å². The highest BCUT2D eigenvalue weighted by atomic mass is 16.2. The molecule has 3 N–H and O–H groups in total. The van der Waals surface area contributed by atoms with Gasteiger partial charge in [0, 0.05) is 33.2 Å². The molecule has 0 unspecified atom stereocenters. The first-order valence-corrected chi connectivity index (χ1v) is 6.74. The Balaban J connectivity index is 1.98. The minimum Gasteiger partial charge on any atom is -0.355 e. The van der Waals surface area contributed by atoms with Crippen LogP contribution in [0.4, 0.5) is 5.69 Å². The molecule has 1 heterocycles. The minimum absolute atomic E-state index is 0.0942. The Morgan fingerprint density at radius 2 is 1.95 bits per heavy atom. The first kappa shape index (κ1) is 14.5. The zero-order chi connectivity index (χ0) is 14.4. The molecule has 0 spiro atoms. The Labute approximate surface area is 118 Å². The fourth-order valence-corrected chi connectivity index (χ4v) is 2.19. The first-order chi connectivity index (χ1) is 9.70. The topological polar surface area (TPSA) is 73.5 Å². The normalized spacial score (nSPS) is 15.7. The smallest absolute Gasteiger partial charge is 0.253 e. The van der Waals surface area contributed by atoms with Gasteiger partial charge < -0.3 is 16.0 Å². The van der Waals surface area contributed by atoms with E-state index in [1.165, 1.54) is 0 Å². The van der Waals surface area contributed by atoms with Gasteiger partial charge in [0.25, 0.3) is 5.91 Å². The van der Waals surface area contributed by atoms with Crippen LogP contribution in [0.2, 0.25) is 0 Å². The molecule has 1 saturated heterocycles. The molecule has 1 aromatic rings. The van der Waals surface area contributed by atoms with Crippen molar-refractivity contribution >= 4 is 17.5 Å². The zero-order valence-corrected chi connectivity index (χ0v) is 11.6. The van der Waals surface area contributed by atoms with Gasteiger partial charge in [-0.3, -0.25) is 14.5 Å². The second-order valence-electron chi connectivity index (χ2n) is 4.70. The molecule has 1 fully saturated rings. The van der Waals surface area contributed by atoms with E-state index in [2.05, 4.69) is 20.9 Å². The fourth-order valence-electron chi connectivity index (χ4n) is 2.19. The van der Waals surface area contributed by atoms with Gasteiger partial charge in [-0.1, -0.05) is 12.1 Å². The molecule has 6 heteroatoms. The van der Waals surface area contributed by atoms with E-state index in [0.717, 1.165) is 26.2 Å². The molecular formula is C14H20N4O2. The van der Waals surface area contributed by atoms with Gasteiger partial charge in [-0.05, 0) is 12.1 Å². The molecule has 0 aromatic heterocycles. The molecule has 1 aromatic carbocycles. The van der Waals surface area contributed by atoms with E-state index in [4.69, 9.17) is 0 Å². The second kappa shape index (κ2) is 7.02. The van der Waals surface area contributed by atoms with Crippen LogP contribution in [-0.4, -0.2) is 56.5 Å². The molecule has 108 valence electrons. The number of hydrogen-bond donors (Lipinski definition) is 3. The van der Waals surface area contributed by atoms with Gasteiger partial charge in [0.05, 0.1) is 17.8 Å². The van der Waals surface area contributed by atoms with Crippen LogP contribution in [0.1, 0.15) is 10.4 Å². The lowest BCUT2D eigenvalue weighted by atomic mass is 10.1. The van der Waals surface area contributed by atoms with E-state index >= 15 is 0 Å². The number of anilines is 1. The highest BCUT2D eigenvalue weighted by molar-refractivity contribution is 6.03. The molecule has 0 saturated carbocycles. The zero-order valence-electron chi connectivity index (χ0n) is 11.6. The summed E-state index contributed by atoms with van der Waals surface area (Å²) >= 11 is 0. The predicted octanol–water partition coefficient (Wildman–Crippen LogP) is -0.110. The quantitative estimate of drug-likeness (QED) is 0.717. The number of rotatable bonds is 4. The Kier molecular flexibility index (Phi) is 5.09. The Hall–Kier alpha value is -1.92. The van der Waals surface area contributed by atoms with Crippen molar-refractivity contribution < 1.29 is 9.59 Å². The van der Waals surface area contributed by atoms with Crippen LogP contribution >= 0.6 is 0 Å². The highest BCUT2D eigenvalue weighted by Crippen LogP contribution is 2.14. The maximum atomic E-state index is 12.0. The molecule has 0 aliphatic carbocycles. The van der Waals surface area contributed by atoms with Gasteiger partial charge >= 0.3 is 0 Å². The summed E-state index contributed by atoms with van der Waals surface area (Å²) in [6.45, 7) is 3.89. The lowest BCUT2D eigenvalue weighted by Gasteiger charge is -2.26. The van der Waals surface area contributed by atoms with E-state index in [9.17, 15) is 9.59 Å². The Morgan fingerprint density at radius 3 is 2.65 bits per heavy atom. The summed E-state index contributed by atoms with van der Waals surface area (Å²) in [7, 11) is 1.57. The minimum atomic E-state index is -0.205. The summed E-state index contributed by atoms with van der Waals surface area (Å²) in [6.07, 6.45) is 0. The molecule has 1 aliphatic rings. The number of nitrogens with zero attached hydrogens (tertiary/aromatic N) is 1. The van der Waals surface area contributed by atoms with Crippen LogP contribution < -0.4 is 16.0 Å². The molecule has 1 aliphatic heterocycles. The van der Waals surface area contributed by atoms with Crippen molar-refractivity contribution in [1.29, 1.82) is 0 Å².